The van der Waals surface area contributed by atoms with E-state index in [4.69, 9.17) is 18.9 Å². The second-order valence-electron chi connectivity index (χ2n) is 33.8. The minimum atomic E-state index is -1.41. The summed E-state index contributed by atoms with van der Waals surface area (Å²) in [4.78, 5) is 107. The van der Waals surface area contributed by atoms with Crippen molar-refractivity contribution in [1.29, 1.82) is 0 Å². The van der Waals surface area contributed by atoms with Crippen LogP contribution in [0.1, 0.15) is 199 Å². The molecule has 9 aromatic carbocycles. The van der Waals surface area contributed by atoms with Crippen molar-refractivity contribution in [3.8, 4) is 46.0 Å². The van der Waals surface area contributed by atoms with Gasteiger partial charge in [-0.3, -0.25) is 48.5 Å². The van der Waals surface area contributed by atoms with Crippen LogP contribution < -0.4 is 29.6 Å². The van der Waals surface area contributed by atoms with Gasteiger partial charge in [-0.25, -0.2) is 0 Å². The smallest absolute Gasteiger partial charge is 0.262 e. The van der Waals surface area contributed by atoms with Gasteiger partial charge in [0.05, 0.1) is 22.3 Å². The zero-order valence-electron chi connectivity index (χ0n) is 62.6. The number of hydrogen-bond donors (Lipinski definition) is 2. The van der Waals surface area contributed by atoms with E-state index in [2.05, 4.69) is 104 Å². The lowest BCUT2D eigenvalue weighted by Gasteiger charge is -2.37. The minimum Gasteiger partial charge on any atom is -0.457 e. The van der Waals surface area contributed by atoms with Crippen LogP contribution in [0.25, 0.3) is 43.1 Å². The van der Waals surface area contributed by atoms with Gasteiger partial charge in [0.1, 0.15) is 58.1 Å². The van der Waals surface area contributed by atoms with E-state index in [0.717, 1.165) is 32.1 Å². The van der Waals surface area contributed by atoms with Gasteiger partial charge in [0, 0.05) is 91.8 Å². The Morgan fingerprint density at radius 1 is 0.346 bits per heavy atom. The first-order valence-electron chi connectivity index (χ1n) is 35.5. The first-order valence-corrected chi connectivity index (χ1v) is 35.5. The summed E-state index contributed by atoms with van der Waals surface area (Å²) < 4.78 is 29.5. The highest BCUT2D eigenvalue weighted by molar-refractivity contribution is 6.45. The molecule has 0 bridgehead atoms. The van der Waals surface area contributed by atoms with Gasteiger partial charge in [-0.15, -0.1) is 0 Å². The summed E-state index contributed by atoms with van der Waals surface area (Å²) in [6, 6.07) is 41.4. The maximum atomic E-state index is 16.5. The van der Waals surface area contributed by atoms with Crippen LogP contribution >= 0.6 is 0 Å². The summed E-state index contributed by atoms with van der Waals surface area (Å²) in [5.41, 5.74) is 2.71. The van der Waals surface area contributed by atoms with Gasteiger partial charge >= 0.3 is 0 Å². The number of pyridine rings is 2. The van der Waals surface area contributed by atoms with Gasteiger partial charge in [0.25, 0.3) is 23.6 Å². The monoisotopic (exact) mass is 1390 g/mol. The second kappa shape index (κ2) is 26.1. The Balaban J connectivity index is 1.22. The lowest BCUT2D eigenvalue weighted by atomic mass is 9.80. The molecule has 0 saturated heterocycles. The highest BCUT2D eigenvalue weighted by atomic mass is 16.5. The van der Waals surface area contributed by atoms with E-state index >= 15 is 28.8 Å². The number of carbonyl (C=O) groups excluding carboxylic acids is 6. The van der Waals surface area contributed by atoms with Gasteiger partial charge < -0.3 is 29.6 Å². The largest absolute Gasteiger partial charge is 0.457 e. The average molecular weight is 1390 g/mol. The third kappa shape index (κ3) is 13.8. The number of benzene rings is 9. The first-order chi connectivity index (χ1) is 48.8. The highest BCUT2D eigenvalue weighted by Crippen LogP contribution is 2.58. The molecule has 2 unspecified atom stereocenters. The van der Waals surface area contributed by atoms with Crippen LogP contribution in [0.2, 0.25) is 0 Å². The molecule has 13 rings (SSSR count). The standard InChI is InChI=1S/C88H90N6O10/c1-83(2,3)51-23-31-55(32-24-51)101-65-43-59-69-60(80(98)93(79(59)97)63(77(95)91-87(13,14)15)41-49-21-19-39-89-47-49)45-67(103-57-35-27-53(28-36-57)85(7,8)9)73-74-68(104-58-37-29-54(30-38-58)86(10,11)12)46-62-70-61(81(99)94(82(62)100)64(78(96)92-88(16,17)18)42-50-22-20-40-90-48-50)44-66(72(76(70)74)71(65)75(69)73)102-56-33-25-52(26-34-56)84(4,5)6/h19-40,43-48,63-64H,41-42H2,1-18H3,(H,91,95)(H,92,96). The van der Waals surface area contributed by atoms with Crippen molar-refractivity contribution in [3.63, 3.8) is 0 Å². The molecule has 0 radical (unpaired) electrons. The quantitative estimate of drug-likeness (QED) is 0.0528. The Labute approximate surface area is 607 Å². The molecule has 0 fully saturated rings. The van der Waals surface area contributed by atoms with E-state index in [1.807, 2.05) is 139 Å². The maximum Gasteiger partial charge on any atom is 0.262 e. The van der Waals surface area contributed by atoms with E-state index in [9.17, 15) is 0 Å². The highest BCUT2D eigenvalue weighted by Gasteiger charge is 2.47. The molecule has 2 atom stereocenters. The predicted molar refractivity (Wildman–Crippen MR) is 409 cm³/mol. The fraction of sp³-hybridized carbons (Fsp3) is 0.318. The third-order valence-electron chi connectivity index (χ3n) is 19.3. The number of amides is 6. The number of nitrogens with zero attached hydrogens (tertiary/aromatic N) is 4. The lowest BCUT2D eigenvalue weighted by molar-refractivity contribution is -0.127. The second-order valence-corrected chi connectivity index (χ2v) is 33.8. The van der Waals surface area contributed by atoms with Crippen LogP contribution in [-0.4, -0.2) is 78.4 Å². The van der Waals surface area contributed by atoms with E-state index in [-0.39, 0.29) is 90.5 Å². The Hall–Kier alpha value is -11.0. The maximum absolute atomic E-state index is 16.5. The van der Waals surface area contributed by atoms with Gasteiger partial charge in [-0.2, -0.15) is 0 Å². The molecule has 11 aromatic rings. The van der Waals surface area contributed by atoms with Crippen molar-refractivity contribution in [2.24, 2.45) is 0 Å². The number of fused-ring (bicyclic) bond motifs is 2. The summed E-state index contributed by atoms with van der Waals surface area (Å²) in [6.07, 6.45) is 6.26. The van der Waals surface area contributed by atoms with Gasteiger partial charge in [-0.1, -0.05) is 144 Å². The molecular weight excluding hydrogens is 1300 g/mol. The number of carbonyl (C=O) groups is 6. The molecule has 2 aliphatic rings. The Bertz CT molecular complexity index is 4670. The topological polar surface area (TPSA) is 196 Å². The van der Waals surface area contributed by atoms with Crippen molar-refractivity contribution in [2.75, 3.05) is 0 Å². The molecule has 0 saturated carbocycles. The van der Waals surface area contributed by atoms with Crippen LogP contribution in [-0.2, 0) is 44.1 Å². The first kappa shape index (κ1) is 71.4. The molecule has 4 heterocycles. The van der Waals surface area contributed by atoms with Crippen LogP contribution in [0.3, 0.4) is 0 Å². The number of hydrogen-bond acceptors (Lipinski definition) is 12. The average Bonchev–Trinajstić information content (AvgIpc) is 0.670. The molecule has 0 aliphatic carbocycles. The summed E-state index contributed by atoms with van der Waals surface area (Å²) in [7, 11) is 0. The van der Waals surface area contributed by atoms with Crippen molar-refractivity contribution in [1.82, 2.24) is 30.4 Å². The van der Waals surface area contributed by atoms with Crippen LogP contribution in [0.15, 0.2) is 170 Å². The summed E-state index contributed by atoms with van der Waals surface area (Å²) in [5, 5.41) is 8.37. The van der Waals surface area contributed by atoms with Crippen LogP contribution in [0, 0.1) is 0 Å². The van der Waals surface area contributed by atoms with Crippen molar-refractivity contribution < 1.29 is 47.7 Å². The van der Waals surface area contributed by atoms with E-state index in [1.165, 1.54) is 0 Å². The Morgan fingerprint density at radius 2 is 0.587 bits per heavy atom. The molecule has 6 amide bonds. The molecule has 16 heteroatoms. The zero-order chi connectivity index (χ0) is 74.7. The Morgan fingerprint density at radius 3 is 0.788 bits per heavy atom. The van der Waals surface area contributed by atoms with Crippen LogP contribution in [0.5, 0.6) is 46.0 Å². The van der Waals surface area contributed by atoms with Gasteiger partial charge in [0.2, 0.25) is 11.8 Å². The predicted octanol–water partition coefficient (Wildman–Crippen LogP) is 19.1. The summed E-state index contributed by atoms with van der Waals surface area (Å²) in [5.74, 6) is -2.41. The number of nitrogens with one attached hydrogen (secondary N) is 2. The van der Waals surface area contributed by atoms with Gasteiger partial charge in [-0.05, 0) is 182 Å². The molecular formula is C88H90N6O10. The fourth-order valence-corrected chi connectivity index (χ4v) is 14.0. The molecule has 532 valence electrons. The van der Waals surface area contributed by atoms with E-state index in [1.54, 1.807) is 73.3 Å². The minimum absolute atomic E-state index is 0.0189. The SMILES string of the molecule is CC(C)(C)NC(=O)C(Cc1cccnc1)N1C(=O)c2cc(Oc3ccc(C(C)(C)C)cc3)c3c4c(Oc5ccc(C(C)(C)C)cc5)cc5c6c(cc(Oc7ccc(C(C)(C)C)cc7)c(c7c(Oc8ccc(C(C)(C)C)cc8)cc(c2c37)C1=O)c64)C(=O)N(C(Cc1cccnc1)C(=O)NC(C)(C)C)C5=O. The van der Waals surface area contributed by atoms with Crippen molar-refractivity contribution in [3.05, 3.63) is 226 Å². The molecule has 2 N–H and O–H groups in total. The normalized spacial score (nSPS) is 14.4. The number of aromatic nitrogens is 2. The number of imide groups is 2. The summed E-state index contributed by atoms with van der Waals surface area (Å²) in [6.45, 7) is 36.4. The van der Waals surface area contributed by atoms with Gasteiger partial charge in [0.15, 0.2) is 0 Å². The molecule has 0 spiro atoms. The van der Waals surface area contributed by atoms with Crippen molar-refractivity contribution >= 4 is 78.5 Å². The van der Waals surface area contributed by atoms with E-state index < -0.39 is 58.6 Å². The zero-order valence-corrected chi connectivity index (χ0v) is 62.6. The molecule has 104 heavy (non-hydrogen) atoms. The van der Waals surface area contributed by atoms with Crippen LogP contribution in [0.4, 0.5) is 0 Å². The molecule has 2 aromatic heterocycles. The Kier molecular flexibility index (Phi) is 17.9. The summed E-state index contributed by atoms with van der Waals surface area (Å²) >= 11 is 0. The molecule has 2 aliphatic heterocycles. The lowest BCUT2D eigenvalue weighted by Crippen LogP contribution is -2.57. The third-order valence-corrected chi connectivity index (χ3v) is 19.3. The molecule has 16 nitrogen and oxygen atoms in total. The van der Waals surface area contributed by atoms with Crippen molar-refractivity contribution in [2.45, 2.75) is 182 Å². The number of rotatable bonds is 16. The number of ether oxygens (including phenoxy) is 4. The van der Waals surface area contributed by atoms with E-state index in [0.29, 0.717) is 66.4 Å². The fourth-order valence-electron chi connectivity index (χ4n) is 14.0.